The zero-order valence-electron chi connectivity index (χ0n) is 18.1. The van der Waals surface area contributed by atoms with E-state index in [0.29, 0.717) is 0 Å². The lowest BCUT2D eigenvalue weighted by Gasteiger charge is -2.38. The lowest BCUT2D eigenvalue weighted by molar-refractivity contribution is -0.192. The monoisotopic (exact) mass is 467 g/mol. The van der Waals surface area contributed by atoms with Crippen molar-refractivity contribution in [3.05, 3.63) is 41.6 Å². The number of cyclic esters (lactones) is 1. The smallest absolute Gasteiger partial charge is 0.475 e. The van der Waals surface area contributed by atoms with E-state index in [1.54, 1.807) is 0 Å². The summed E-state index contributed by atoms with van der Waals surface area (Å²) < 4.78 is 36.8. The van der Waals surface area contributed by atoms with Gasteiger partial charge >= 0.3 is 18.2 Å². The molecule has 0 bridgehead atoms. The number of hydrogen-bond acceptors (Lipinski definition) is 7. The van der Waals surface area contributed by atoms with E-state index in [-0.39, 0.29) is 12.1 Å². The molecule has 2 aliphatic heterocycles. The number of aromatic nitrogens is 2. The van der Waals surface area contributed by atoms with E-state index in [2.05, 4.69) is 39.6 Å². The average molecular weight is 467 g/mol. The molecule has 1 saturated heterocycles. The van der Waals surface area contributed by atoms with Crippen molar-refractivity contribution in [1.29, 1.82) is 0 Å². The molecule has 0 aliphatic carbocycles. The minimum atomic E-state index is -5.08. The molecule has 0 atom stereocenters. The van der Waals surface area contributed by atoms with Gasteiger partial charge in [-0.3, -0.25) is 10.2 Å². The molecule has 3 heterocycles. The Hall–Kier alpha value is -3.25. The third-order valence-electron chi connectivity index (χ3n) is 4.99. The number of carboxylic acid groups (broad SMARTS) is 1. The number of benzene rings is 1. The fourth-order valence-electron chi connectivity index (χ4n) is 3.49. The number of fused-ring (bicyclic) bond motifs is 1. The van der Waals surface area contributed by atoms with Gasteiger partial charge in [0.1, 0.15) is 6.61 Å². The number of anilines is 1. The highest BCUT2D eigenvalue weighted by atomic mass is 19.4. The lowest BCUT2D eigenvalue weighted by Crippen LogP contribution is -2.56. The fourth-order valence-corrected chi connectivity index (χ4v) is 3.49. The van der Waals surface area contributed by atoms with Gasteiger partial charge in [-0.25, -0.2) is 9.59 Å². The van der Waals surface area contributed by atoms with Crippen LogP contribution < -0.4 is 10.6 Å². The first kappa shape index (κ1) is 24.4. The summed E-state index contributed by atoms with van der Waals surface area (Å²) in [6.07, 6.45) is -5.49. The highest BCUT2D eigenvalue weighted by molar-refractivity contribution is 5.88. The van der Waals surface area contributed by atoms with Crippen LogP contribution in [0.15, 0.2) is 30.3 Å². The molecule has 12 heteroatoms. The first-order valence-corrected chi connectivity index (χ1v) is 10.1. The third kappa shape index (κ3) is 6.86. The summed E-state index contributed by atoms with van der Waals surface area (Å²) in [7, 11) is 0. The molecule has 4 rings (SSSR count). The summed E-state index contributed by atoms with van der Waals surface area (Å²) in [4.78, 5) is 22.6. The van der Waals surface area contributed by atoms with E-state index in [4.69, 9.17) is 14.6 Å². The van der Waals surface area contributed by atoms with E-state index >= 15 is 0 Å². The summed E-state index contributed by atoms with van der Waals surface area (Å²) in [6.45, 7) is 8.52. The molecule has 2 aliphatic rings. The van der Waals surface area contributed by atoms with Crippen molar-refractivity contribution in [3.63, 3.8) is 0 Å². The van der Waals surface area contributed by atoms with Crippen molar-refractivity contribution in [1.82, 2.24) is 20.4 Å². The van der Waals surface area contributed by atoms with Gasteiger partial charge in [0.05, 0.1) is 17.1 Å². The molecule has 33 heavy (non-hydrogen) atoms. The van der Waals surface area contributed by atoms with Crippen LogP contribution in [-0.4, -0.2) is 63.6 Å². The Morgan fingerprint density at radius 2 is 1.97 bits per heavy atom. The number of carboxylic acids is 1. The second-order valence-corrected chi connectivity index (χ2v) is 8.31. The molecular formula is C21H24F3N5O4. The standard InChI is InChI=1S/C19H23N5O2.C2HF3O2/c1-19(2)12-24(8-7-20-19)10-15-4-6-17(23-22-15)13-3-5-16-14(9-13)11-26-18(25)21-16;3-2(4,5)1(6)7/h3-6,9,20H,7-8,10-12H2,1-2H3,(H,21,25);(H,6,7). The Balaban J connectivity index is 0.000000383. The molecule has 1 aromatic heterocycles. The number of halogens is 3. The third-order valence-corrected chi connectivity index (χ3v) is 4.99. The Kier molecular flexibility index (Phi) is 7.18. The van der Waals surface area contributed by atoms with E-state index in [9.17, 15) is 18.0 Å². The van der Waals surface area contributed by atoms with Crippen LogP contribution in [0.25, 0.3) is 11.3 Å². The molecule has 3 N–H and O–H groups in total. The van der Waals surface area contributed by atoms with Crippen molar-refractivity contribution in [2.24, 2.45) is 0 Å². The normalized spacial score (nSPS) is 17.7. The molecule has 1 aromatic carbocycles. The maximum absolute atomic E-state index is 11.3. The van der Waals surface area contributed by atoms with E-state index in [1.807, 2.05) is 30.3 Å². The molecule has 0 radical (unpaired) electrons. The largest absolute Gasteiger partial charge is 0.490 e. The summed E-state index contributed by atoms with van der Waals surface area (Å²) in [5.41, 5.74) is 4.61. The van der Waals surface area contributed by atoms with Crippen LogP contribution in [0.2, 0.25) is 0 Å². The van der Waals surface area contributed by atoms with Crippen LogP contribution in [0.5, 0.6) is 0 Å². The number of nitrogens with zero attached hydrogens (tertiary/aromatic N) is 3. The first-order chi connectivity index (χ1) is 15.4. The van der Waals surface area contributed by atoms with Gasteiger partial charge in [0.15, 0.2) is 0 Å². The maximum atomic E-state index is 11.3. The number of aliphatic carboxylic acids is 1. The molecule has 0 unspecified atom stereocenters. The van der Waals surface area contributed by atoms with Crippen molar-refractivity contribution in [2.45, 2.75) is 38.7 Å². The van der Waals surface area contributed by atoms with Gasteiger partial charge in [-0.2, -0.15) is 23.4 Å². The Morgan fingerprint density at radius 3 is 2.58 bits per heavy atom. The summed E-state index contributed by atoms with van der Waals surface area (Å²) in [5, 5.41) is 22.1. The van der Waals surface area contributed by atoms with Gasteiger partial charge in [-0.05, 0) is 38.1 Å². The van der Waals surface area contributed by atoms with E-state index in [1.165, 1.54) is 0 Å². The van der Waals surface area contributed by atoms with Crippen molar-refractivity contribution in [3.8, 4) is 11.3 Å². The van der Waals surface area contributed by atoms with Crippen LogP contribution >= 0.6 is 0 Å². The minimum absolute atomic E-state index is 0.131. The number of nitrogens with one attached hydrogen (secondary N) is 2. The number of ether oxygens (including phenoxy) is 1. The number of amides is 1. The average Bonchev–Trinajstić information content (AvgIpc) is 2.73. The van der Waals surface area contributed by atoms with Gasteiger partial charge in [0.25, 0.3) is 0 Å². The number of alkyl halides is 3. The maximum Gasteiger partial charge on any atom is 0.490 e. The second kappa shape index (κ2) is 9.71. The van der Waals surface area contributed by atoms with Gasteiger partial charge in [-0.1, -0.05) is 6.07 Å². The first-order valence-electron chi connectivity index (χ1n) is 10.1. The fraction of sp³-hybridized carbons (Fsp3) is 0.429. The van der Waals surface area contributed by atoms with Crippen LogP contribution in [-0.2, 0) is 22.7 Å². The molecule has 178 valence electrons. The Morgan fingerprint density at radius 1 is 1.24 bits per heavy atom. The Labute approximate surface area is 187 Å². The SMILES string of the molecule is CC1(C)CN(Cc2ccc(-c3ccc4c(c3)COC(=O)N4)nn2)CCN1.O=C(O)C(F)(F)F. The number of piperazine rings is 1. The number of rotatable bonds is 3. The summed E-state index contributed by atoms with van der Waals surface area (Å²) in [5.74, 6) is -2.76. The molecule has 1 amide bonds. The highest BCUT2D eigenvalue weighted by Gasteiger charge is 2.38. The second-order valence-electron chi connectivity index (χ2n) is 8.31. The lowest BCUT2D eigenvalue weighted by atomic mass is 10.0. The number of carbonyl (C=O) groups excluding carboxylic acids is 1. The van der Waals surface area contributed by atoms with Crippen LogP contribution in [0.1, 0.15) is 25.1 Å². The Bertz CT molecular complexity index is 1010. The molecule has 0 spiro atoms. The predicted molar refractivity (Wildman–Crippen MR) is 112 cm³/mol. The van der Waals surface area contributed by atoms with Crippen LogP contribution in [0.3, 0.4) is 0 Å². The van der Waals surface area contributed by atoms with E-state index < -0.39 is 18.2 Å². The minimum Gasteiger partial charge on any atom is -0.475 e. The van der Waals surface area contributed by atoms with Crippen molar-refractivity contribution >= 4 is 17.7 Å². The number of hydrogen-bond donors (Lipinski definition) is 3. The number of carbonyl (C=O) groups is 2. The molecule has 2 aromatic rings. The topological polar surface area (TPSA) is 117 Å². The van der Waals surface area contributed by atoms with Crippen molar-refractivity contribution < 1.29 is 32.6 Å². The molecule has 0 saturated carbocycles. The predicted octanol–water partition coefficient (Wildman–Crippen LogP) is 3.02. The van der Waals surface area contributed by atoms with Crippen LogP contribution in [0.4, 0.5) is 23.7 Å². The van der Waals surface area contributed by atoms with Gasteiger partial charge in [0.2, 0.25) is 0 Å². The van der Waals surface area contributed by atoms with Crippen molar-refractivity contribution in [2.75, 3.05) is 25.0 Å². The molecule has 9 nitrogen and oxygen atoms in total. The molecule has 1 fully saturated rings. The highest BCUT2D eigenvalue weighted by Crippen LogP contribution is 2.27. The summed E-state index contributed by atoms with van der Waals surface area (Å²) >= 11 is 0. The zero-order chi connectivity index (χ0) is 24.2. The van der Waals surface area contributed by atoms with Crippen LogP contribution in [0, 0.1) is 0 Å². The zero-order valence-corrected chi connectivity index (χ0v) is 18.1. The summed E-state index contributed by atoms with van der Waals surface area (Å²) in [6, 6.07) is 9.84. The molecular weight excluding hydrogens is 443 g/mol. The quantitative estimate of drug-likeness (QED) is 0.631. The van der Waals surface area contributed by atoms with Gasteiger partial charge in [0, 0.05) is 42.8 Å². The van der Waals surface area contributed by atoms with E-state index in [0.717, 1.165) is 54.4 Å². The van der Waals surface area contributed by atoms with Gasteiger partial charge < -0.3 is 15.2 Å². The van der Waals surface area contributed by atoms with Gasteiger partial charge in [-0.15, -0.1) is 0 Å².